The zero-order valence-electron chi connectivity index (χ0n) is 10.6. The van der Waals surface area contributed by atoms with Gasteiger partial charge in [-0.3, -0.25) is 0 Å². The fraction of sp³-hybridized carbons (Fsp3) is 0.385. The van der Waals surface area contributed by atoms with Crippen molar-refractivity contribution in [2.24, 2.45) is 5.73 Å². The zero-order valence-corrected chi connectivity index (χ0v) is 10.6. The van der Waals surface area contributed by atoms with Gasteiger partial charge in [-0.05, 0) is 19.4 Å². The molecule has 2 rings (SSSR count). The number of aliphatic hydroxyl groups excluding tert-OH is 1. The van der Waals surface area contributed by atoms with Gasteiger partial charge in [-0.2, -0.15) is 4.98 Å². The van der Waals surface area contributed by atoms with Gasteiger partial charge in [-0.15, -0.1) is 0 Å². The van der Waals surface area contributed by atoms with Crippen LogP contribution in [0.4, 0.5) is 0 Å². The summed E-state index contributed by atoms with van der Waals surface area (Å²) in [5, 5.41) is 13.3. The highest BCUT2D eigenvalue weighted by Crippen LogP contribution is 2.14. The van der Waals surface area contributed by atoms with Gasteiger partial charge in [0.2, 0.25) is 0 Å². The van der Waals surface area contributed by atoms with Gasteiger partial charge in [-0.1, -0.05) is 34.5 Å². The first-order valence-electron chi connectivity index (χ1n) is 5.86. The molecular formula is C13H17N3O2. The highest BCUT2D eigenvalue weighted by Gasteiger charge is 2.14. The molecule has 0 fully saturated rings. The van der Waals surface area contributed by atoms with E-state index < -0.39 is 6.10 Å². The third-order valence-electron chi connectivity index (χ3n) is 2.64. The molecule has 96 valence electrons. The van der Waals surface area contributed by atoms with E-state index in [-0.39, 0.29) is 12.4 Å². The van der Waals surface area contributed by atoms with Gasteiger partial charge in [0.1, 0.15) is 6.10 Å². The molecule has 2 aromatic rings. The lowest BCUT2D eigenvalue weighted by molar-refractivity contribution is 0.141. The van der Waals surface area contributed by atoms with Crippen LogP contribution >= 0.6 is 0 Å². The number of aromatic nitrogens is 2. The molecule has 1 aromatic heterocycles. The largest absolute Gasteiger partial charge is 0.382 e. The molecule has 0 amide bonds. The number of aliphatic hydroxyl groups is 1. The Morgan fingerprint density at radius 1 is 1.28 bits per heavy atom. The Bertz CT molecular complexity index is 517. The summed E-state index contributed by atoms with van der Waals surface area (Å²) in [5.41, 5.74) is 8.86. The van der Waals surface area contributed by atoms with Gasteiger partial charge in [-0.25, -0.2) is 0 Å². The van der Waals surface area contributed by atoms with Gasteiger partial charge in [0.25, 0.3) is 5.89 Å². The molecule has 0 aliphatic rings. The molecule has 1 atom stereocenters. The molecule has 0 spiro atoms. The minimum absolute atomic E-state index is 0.0746. The molecular weight excluding hydrogens is 230 g/mol. The van der Waals surface area contributed by atoms with Crippen molar-refractivity contribution in [2.45, 2.75) is 26.4 Å². The molecule has 0 aliphatic heterocycles. The molecule has 1 aromatic carbocycles. The minimum Gasteiger partial charge on any atom is -0.382 e. The first kappa shape index (κ1) is 12.7. The van der Waals surface area contributed by atoms with E-state index in [4.69, 9.17) is 10.3 Å². The Morgan fingerprint density at radius 2 is 1.94 bits per heavy atom. The van der Waals surface area contributed by atoms with E-state index in [1.54, 1.807) is 0 Å². The van der Waals surface area contributed by atoms with Crippen molar-refractivity contribution < 1.29 is 9.63 Å². The second-order valence-electron chi connectivity index (χ2n) is 4.47. The van der Waals surface area contributed by atoms with Gasteiger partial charge in [0.05, 0.1) is 0 Å². The fourth-order valence-electron chi connectivity index (χ4n) is 1.93. The van der Waals surface area contributed by atoms with E-state index in [9.17, 15) is 5.11 Å². The van der Waals surface area contributed by atoms with Crippen molar-refractivity contribution in [2.75, 3.05) is 6.54 Å². The third kappa shape index (κ3) is 2.94. The SMILES string of the molecule is Cc1cc(C)cc(Cc2noc(C(O)CN)n2)c1. The Labute approximate surface area is 106 Å². The number of hydrogen-bond acceptors (Lipinski definition) is 5. The van der Waals surface area contributed by atoms with Crippen LogP contribution in [0, 0.1) is 13.8 Å². The molecule has 0 radical (unpaired) electrons. The van der Waals surface area contributed by atoms with Gasteiger partial charge >= 0.3 is 0 Å². The summed E-state index contributed by atoms with van der Waals surface area (Å²) in [6, 6.07) is 6.29. The molecule has 18 heavy (non-hydrogen) atoms. The average molecular weight is 247 g/mol. The van der Waals surface area contributed by atoms with Crippen LogP contribution < -0.4 is 5.73 Å². The van der Waals surface area contributed by atoms with E-state index in [1.807, 2.05) is 0 Å². The lowest BCUT2D eigenvalue weighted by Crippen LogP contribution is -2.11. The number of hydrogen-bond donors (Lipinski definition) is 2. The van der Waals surface area contributed by atoms with Crippen molar-refractivity contribution in [3.63, 3.8) is 0 Å². The second-order valence-corrected chi connectivity index (χ2v) is 4.47. The van der Waals surface area contributed by atoms with Crippen LogP contribution in [-0.4, -0.2) is 21.8 Å². The quantitative estimate of drug-likeness (QED) is 0.849. The predicted molar refractivity (Wildman–Crippen MR) is 67.0 cm³/mol. The van der Waals surface area contributed by atoms with Crippen molar-refractivity contribution in [1.29, 1.82) is 0 Å². The summed E-state index contributed by atoms with van der Waals surface area (Å²) in [6.07, 6.45) is -0.297. The van der Waals surface area contributed by atoms with E-state index in [1.165, 1.54) is 11.1 Å². The lowest BCUT2D eigenvalue weighted by atomic mass is 10.1. The number of nitrogens with zero attached hydrogens (tertiary/aromatic N) is 2. The molecule has 5 nitrogen and oxygen atoms in total. The van der Waals surface area contributed by atoms with Crippen molar-refractivity contribution >= 4 is 0 Å². The molecule has 1 unspecified atom stereocenters. The standard InChI is InChI=1S/C13H17N3O2/c1-8-3-9(2)5-10(4-8)6-12-15-13(18-16-12)11(17)7-14/h3-5,11,17H,6-7,14H2,1-2H3. The highest BCUT2D eigenvalue weighted by molar-refractivity contribution is 5.30. The maximum atomic E-state index is 9.48. The maximum absolute atomic E-state index is 9.48. The molecule has 5 heteroatoms. The van der Waals surface area contributed by atoms with Crippen molar-refractivity contribution in [1.82, 2.24) is 10.1 Å². The maximum Gasteiger partial charge on any atom is 0.256 e. The minimum atomic E-state index is -0.884. The Balaban J connectivity index is 2.16. The van der Waals surface area contributed by atoms with Gasteiger partial charge in [0.15, 0.2) is 5.82 Å². The van der Waals surface area contributed by atoms with E-state index in [2.05, 4.69) is 42.2 Å². The molecule has 0 saturated carbocycles. The molecule has 0 bridgehead atoms. The Hall–Kier alpha value is -1.72. The summed E-state index contributed by atoms with van der Waals surface area (Å²) >= 11 is 0. The molecule has 3 N–H and O–H groups in total. The Kier molecular flexibility index (Phi) is 3.74. The Morgan fingerprint density at radius 3 is 2.56 bits per heavy atom. The number of rotatable bonds is 4. The molecule has 1 heterocycles. The van der Waals surface area contributed by atoms with Crippen LogP contribution in [-0.2, 0) is 6.42 Å². The molecule has 0 aliphatic carbocycles. The first-order chi connectivity index (χ1) is 8.58. The van der Waals surface area contributed by atoms with Crippen LogP contribution in [0.25, 0.3) is 0 Å². The normalized spacial score (nSPS) is 12.7. The first-order valence-corrected chi connectivity index (χ1v) is 5.86. The van der Waals surface area contributed by atoms with E-state index in [0.29, 0.717) is 12.2 Å². The van der Waals surface area contributed by atoms with Crippen LogP contribution in [0.1, 0.15) is 34.5 Å². The summed E-state index contributed by atoms with van der Waals surface area (Å²) in [6.45, 7) is 4.18. The third-order valence-corrected chi connectivity index (χ3v) is 2.64. The lowest BCUT2D eigenvalue weighted by Gasteiger charge is -2.02. The summed E-state index contributed by atoms with van der Waals surface area (Å²) < 4.78 is 4.96. The van der Waals surface area contributed by atoms with Crippen LogP contribution in [0.3, 0.4) is 0 Å². The van der Waals surface area contributed by atoms with E-state index in [0.717, 1.165) is 5.56 Å². The number of aryl methyl sites for hydroxylation is 2. The summed E-state index contributed by atoms with van der Waals surface area (Å²) in [5.74, 6) is 0.736. The predicted octanol–water partition coefficient (Wildman–Crippen LogP) is 1.27. The second kappa shape index (κ2) is 5.29. The topological polar surface area (TPSA) is 85.2 Å². The van der Waals surface area contributed by atoms with E-state index >= 15 is 0 Å². The zero-order chi connectivity index (χ0) is 13.1. The van der Waals surface area contributed by atoms with Crippen molar-refractivity contribution in [3.8, 4) is 0 Å². The summed E-state index contributed by atoms with van der Waals surface area (Å²) in [4.78, 5) is 4.13. The fourth-order valence-corrected chi connectivity index (χ4v) is 1.93. The number of benzene rings is 1. The monoisotopic (exact) mass is 247 g/mol. The average Bonchev–Trinajstić information content (AvgIpc) is 2.75. The highest BCUT2D eigenvalue weighted by atomic mass is 16.5. The number of nitrogens with two attached hydrogens (primary N) is 1. The van der Waals surface area contributed by atoms with Crippen LogP contribution in [0.15, 0.2) is 22.7 Å². The van der Waals surface area contributed by atoms with Gasteiger partial charge < -0.3 is 15.4 Å². The van der Waals surface area contributed by atoms with Crippen LogP contribution in [0.2, 0.25) is 0 Å². The van der Waals surface area contributed by atoms with Gasteiger partial charge in [0, 0.05) is 13.0 Å². The van der Waals surface area contributed by atoms with Crippen molar-refractivity contribution in [3.05, 3.63) is 46.6 Å². The summed E-state index contributed by atoms with van der Waals surface area (Å²) in [7, 11) is 0. The smallest absolute Gasteiger partial charge is 0.256 e. The van der Waals surface area contributed by atoms with Crippen LogP contribution in [0.5, 0.6) is 0 Å². The molecule has 0 saturated heterocycles.